The summed E-state index contributed by atoms with van der Waals surface area (Å²) in [4.78, 5) is 47.0. The molecule has 3 heterocycles. The number of benzene rings is 2. The van der Waals surface area contributed by atoms with Crippen LogP contribution in [0, 0.1) is 0 Å². The van der Waals surface area contributed by atoms with E-state index in [1.165, 1.54) is 16.8 Å². The molecule has 0 saturated carbocycles. The number of carbonyl (C=O) groups is 2. The number of amides is 3. The quantitative estimate of drug-likeness (QED) is 0.479. The van der Waals surface area contributed by atoms with Crippen molar-refractivity contribution in [1.82, 2.24) is 14.3 Å². The highest BCUT2D eigenvalue weighted by Crippen LogP contribution is 2.18. The number of hydrogen-bond donors (Lipinski definition) is 2. The molecule has 0 radical (unpaired) electrons. The lowest BCUT2D eigenvalue weighted by atomic mass is 10.2. The second-order valence-electron chi connectivity index (χ2n) is 8.15. The average Bonchev–Trinajstić information content (AvgIpc) is 2.91. The number of carbonyl (C=O) groups excluding carboxylic acids is 2. The largest absolute Gasteiger partial charge is 0.368 e. The van der Waals surface area contributed by atoms with Crippen LogP contribution in [0.1, 0.15) is 10.4 Å². The lowest BCUT2D eigenvalue weighted by molar-refractivity contribution is 0.0748. The van der Waals surface area contributed by atoms with Crippen LogP contribution in [0.2, 0.25) is 0 Å². The number of para-hydroxylation sites is 2. The number of anilines is 3. The summed E-state index contributed by atoms with van der Waals surface area (Å²) in [5.41, 5.74) is 1.87. The van der Waals surface area contributed by atoms with Gasteiger partial charge in [0.25, 0.3) is 11.5 Å². The van der Waals surface area contributed by atoms with Gasteiger partial charge in [-0.05, 0) is 36.4 Å². The molecule has 176 valence electrons. The first kappa shape index (κ1) is 22.1. The van der Waals surface area contributed by atoms with Crippen molar-refractivity contribution >= 4 is 34.6 Å². The van der Waals surface area contributed by atoms with Crippen molar-refractivity contribution in [3.8, 4) is 0 Å². The maximum atomic E-state index is 13.3. The number of rotatable bonds is 4. The second kappa shape index (κ2) is 9.68. The maximum absolute atomic E-state index is 13.3. The Labute approximate surface area is 201 Å². The van der Waals surface area contributed by atoms with Crippen LogP contribution in [0.15, 0.2) is 90.0 Å². The molecule has 4 aromatic rings. The van der Waals surface area contributed by atoms with Crippen LogP contribution in [0.5, 0.6) is 0 Å². The third kappa shape index (κ3) is 4.70. The Morgan fingerprint density at radius 2 is 1.49 bits per heavy atom. The molecule has 3 amide bonds. The second-order valence-corrected chi connectivity index (χ2v) is 8.15. The van der Waals surface area contributed by atoms with Gasteiger partial charge in [-0.15, -0.1) is 0 Å². The number of fused-ring (bicyclic) bond motifs is 1. The zero-order chi connectivity index (χ0) is 24.2. The number of pyridine rings is 1. The van der Waals surface area contributed by atoms with E-state index in [4.69, 9.17) is 0 Å². The Morgan fingerprint density at radius 3 is 2.20 bits per heavy atom. The Bertz CT molecular complexity index is 1410. The third-order valence-electron chi connectivity index (χ3n) is 5.93. The fourth-order valence-corrected chi connectivity index (χ4v) is 4.14. The summed E-state index contributed by atoms with van der Waals surface area (Å²) >= 11 is 0. The van der Waals surface area contributed by atoms with E-state index in [-0.39, 0.29) is 17.2 Å². The molecule has 9 nitrogen and oxygen atoms in total. The molecule has 0 aliphatic carbocycles. The standard InChI is InChI=1S/C26H24N6O3/c33-24(31-16-14-30(15-17-31)20-10-5-2-6-11-20)21-12-7-13-32-23(21)27-18-22(25(32)34)29-26(35)28-19-8-3-1-4-9-19/h1-13,18H,14-17H2,(H2,28,29,35). The average molecular weight is 469 g/mol. The van der Waals surface area contributed by atoms with E-state index in [1.54, 1.807) is 41.3 Å². The van der Waals surface area contributed by atoms with E-state index in [1.807, 2.05) is 24.3 Å². The summed E-state index contributed by atoms with van der Waals surface area (Å²) in [6.45, 7) is 2.58. The van der Waals surface area contributed by atoms with Gasteiger partial charge in [-0.2, -0.15) is 0 Å². The fraction of sp³-hybridized carbons (Fsp3) is 0.154. The first-order valence-corrected chi connectivity index (χ1v) is 11.3. The molecule has 0 bridgehead atoms. The summed E-state index contributed by atoms with van der Waals surface area (Å²) in [5, 5.41) is 5.20. The zero-order valence-corrected chi connectivity index (χ0v) is 18.9. The van der Waals surface area contributed by atoms with Crippen LogP contribution < -0.4 is 21.1 Å². The molecular weight excluding hydrogens is 444 g/mol. The molecule has 1 aliphatic heterocycles. The molecule has 2 aromatic carbocycles. The Balaban J connectivity index is 1.32. The SMILES string of the molecule is O=C(Nc1ccccc1)Nc1cnc2c(C(=O)N3CCN(c4ccccc4)CC3)cccn2c1=O. The first-order chi connectivity index (χ1) is 17.1. The van der Waals surface area contributed by atoms with Gasteiger partial charge in [0.05, 0.1) is 11.8 Å². The van der Waals surface area contributed by atoms with E-state index >= 15 is 0 Å². The lowest BCUT2D eigenvalue weighted by Crippen LogP contribution is -2.49. The maximum Gasteiger partial charge on any atom is 0.323 e. The highest BCUT2D eigenvalue weighted by molar-refractivity contribution is 6.01. The molecular formula is C26H24N6O3. The number of urea groups is 1. The molecule has 0 unspecified atom stereocenters. The number of hydrogen-bond acceptors (Lipinski definition) is 5. The van der Waals surface area contributed by atoms with Crippen molar-refractivity contribution in [2.45, 2.75) is 0 Å². The lowest BCUT2D eigenvalue weighted by Gasteiger charge is -2.36. The van der Waals surface area contributed by atoms with Gasteiger partial charge in [0.15, 0.2) is 5.65 Å². The van der Waals surface area contributed by atoms with Crippen LogP contribution in [0.25, 0.3) is 5.65 Å². The Kier molecular flexibility index (Phi) is 6.13. The Hall–Kier alpha value is -4.66. The van der Waals surface area contributed by atoms with E-state index in [0.717, 1.165) is 18.8 Å². The molecule has 0 spiro atoms. The number of aromatic nitrogens is 2. The van der Waals surface area contributed by atoms with Crippen LogP contribution in [-0.4, -0.2) is 52.4 Å². The third-order valence-corrected chi connectivity index (χ3v) is 5.93. The zero-order valence-electron chi connectivity index (χ0n) is 18.9. The van der Waals surface area contributed by atoms with E-state index in [9.17, 15) is 14.4 Å². The van der Waals surface area contributed by atoms with E-state index in [2.05, 4.69) is 32.7 Å². The minimum absolute atomic E-state index is 0.0111. The molecule has 1 fully saturated rings. The predicted octanol–water partition coefficient (Wildman–Crippen LogP) is 3.30. The smallest absolute Gasteiger partial charge is 0.323 e. The van der Waals surface area contributed by atoms with Crippen molar-refractivity contribution in [2.75, 3.05) is 41.7 Å². The first-order valence-electron chi connectivity index (χ1n) is 11.3. The van der Waals surface area contributed by atoms with Gasteiger partial charge in [0, 0.05) is 43.8 Å². The molecule has 0 atom stereocenters. The summed E-state index contributed by atoms with van der Waals surface area (Å²) < 4.78 is 1.28. The van der Waals surface area contributed by atoms with Gasteiger partial charge in [0.1, 0.15) is 5.69 Å². The van der Waals surface area contributed by atoms with Gasteiger partial charge in [-0.25, -0.2) is 9.78 Å². The number of piperazine rings is 1. The molecule has 1 saturated heterocycles. The number of nitrogens with zero attached hydrogens (tertiary/aromatic N) is 4. The normalized spacial score (nSPS) is 13.5. The van der Waals surface area contributed by atoms with Crippen LogP contribution in [0.3, 0.4) is 0 Å². The molecule has 2 N–H and O–H groups in total. The summed E-state index contributed by atoms with van der Waals surface area (Å²) in [6, 6.07) is 21.8. The minimum atomic E-state index is -0.557. The summed E-state index contributed by atoms with van der Waals surface area (Å²) in [6.07, 6.45) is 2.82. The molecule has 35 heavy (non-hydrogen) atoms. The van der Waals surface area contributed by atoms with Crippen molar-refractivity contribution in [3.05, 3.63) is 101 Å². The van der Waals surface area contributed by atoms with Gasteiger partial charge in [0.2, 0.25) is 0 Å². The molecule has 1 aliphatic rings. The van der Waals surface area contributed by atoms with Crippen LogP contribution >= 0.6 is 0 Å². The van der Waals surface area contributed by atoms with Crippen LogP contribution in [0.4, 0.5) is 21.9 Å². The van der Waals surface area contributed by atoms with Crippen LogP contribution in [-0.2, 0) is 0 Å². The fourth-order valence-electron chi connectivity index (χ4n) is 4.14. The number of nitrogens with one attached hydrogen (secondary N) is 2. The van der Waals surface area contributed by atoms with Crippen molar-refractivity contribution in [1.29, 1.82) is 0 Å². The highest BCUT2D eigenvalue weighted by atomic mass is 16.2. The van der Waals surface area contributed by atoms with Gasteiger partial charge >= 0.3 is 6.03 Å². The monoisotopic (exact) mass is 468 g/mol. The van der Waals surface area contributed by atoms with Crippen molar-refractivity contribution in [2.24, 2.45) is 0 Å². The predicted molar refractivity (Wildman–Crippen MR) is 135 cm³/mol. The topological polar surface area (TPSA) is 99.0 Å². The highest BCUT2D eigenvalue weighted by Gasteiger charge is 2.24. The minimum Gasteiger partial charge on any atom is -0.368 e. The molecule has 5 rings (SSSR count). The molecule has 9 heteroatoms. The van der Waals surface area contributed by atoms with Gasteiger partial charge in [-0.3, -0.25) is 14.0 Å². The molecule has 2 aromatic heterocycles. The van der Waals surface area contributed by atoms with E-state index < -0.39 is 11.6 Å². The van der Waals surface area contributed by atoms with Crippen molar-refractivity contribution < 1.29 is 9.59 Å². The summed E-state index contributed by atoms with van der Waals surface area (Å²) in [7, 11) is 0. The Morgan fingerprint density at radius 1 is 0.800 bits per heavy atom. The summed E-state index contributed by atoms with van der Waals surface area (Å²) in [5.74, 6) is -0.176. The van der Waals surface area contributed by atoms with Crippen molar-refractivity contribution in [3.63, 3.8) is 0 Å². The van der Waals surface area contributed by atoms with Gasteiger partial charge in [-0.1, -0.05) is 36.4 Å². The van der Waals surface area contributed by atoms with Gasteiger partial charge < -0.3 is 20.4 Å². The van der Waals surface area contributed by atoms with E-state index in [0.29, 0.717) is 24.3 Å².